The lowest BCUT2D eigenvalue weighted by molar-refractivity contribution is -0.136. The monoisotopic (exact) mass is 479 g/mol. The molecule has 0 fully saturated rings. The molecule has 8 nitrogen and oxygen atoms in total. The Morgan fingerprint density at radius 1 is 1.21 bits per heavy atom. The number of nitrogens with zero attached hydrogens (tertiary/aromatic N) is 5. The van der Waals surface area contributed by atoms with E-state index in [0.29, 0.717) is 20.6 Å². The van der Waals surface area contributed by atoms with E-state index in [1.54, 1.807) is 22.4 Å². The maximum atomic E-state index is 13.6. The third kappa shape index (κ3) is 4.00. The number of carbonyl (C=O) groups excluding carboxylic acids is 1. The number of methoxy groups -OCH3 is 1. The average Bonchev–Trinajstić information content (AvgIpc) is 3.32. The highest BCUT2D eigenvalue weighted by atomic mass is 32.1. The van der Waals surface area contributed by atoms with Crippen molar-refractivity contribution >= 4 is 29.1 Å². The van der Waals surface area contributed by atoms with E-state index >= 15 is 0 Å². The van der Waals surface area contributed by atoms with Crippen molar-refractivity contribution in [3.8, 4) is 0 Å². The molecule has 0 radical (unpaired) electrons. The number of allylic oxidation sites excluding steroid dienone is 1. The van der Waals surface area contributed by atoms with E-state index in [0.717, 1.165) is 35.6 Å². The van der Waals surface area contributed by atoms with Gasteiger partial charge in [0, 0.05) is 37.1 Å². The van der Waals surface area contributed by atoms with Crippen molar-refractivity contribution in [1.29, 1.82) is 0 Å². The summed E-state index contributed by atoms with van der Waals surface area (Å²) in [6.07, 6.45) is 3.58. The lowest BCUT2D eigenvalue weighted by Gasteiger charge is -2.26. The number of ether oxygens (including phenoxy) is 1. The summed E-state index contributed by atoms with van der Waals surface area (Å²) in [6.45, 7) is 9.75. The van der Waals surface area contributed by atoms with Gasteiger partial charge in [-0.25, -0.2) is 9.79 Å². The number of aryl methyl sites for hydroxylation is 1. The van der Waals surface area contributed by atoms with Crippen LogP contribution in [0.2, 0.25) is 0 Å². The first-order valence-corrected chi connectivity index (χ1v) is 12.1. The van der Waals surface area contributed by atoms with Crippen LogP contribution in [0.15, 0.2) is 51.5 Å². The van der Waals surface area contributed by atoms with Gasteiger partial charge in [-0.05, 0) is 51.5 Å². The van der Waals surface area contributed by atoms with Gasteiger partial charge in [0.2, 0.25) is 0 Å². The Morgan fingerprint density at radius 3 is 2.44 bits per heavy atom. The van der Waals surface area contributed by atoms with Gasteiger partial charge < -0.3 is 9.64 Å². The second-order valence-electron chi connectivity index (χ2n) is 8.15. The Bertz CT molecular complexity index is 1440. The number of esters is 1. The van der Waals surface area contributed by atoms with Crippen LogP contribution in [-0.4, -0.2) is 40.5 Å². The lowest BCUT2D eigenvalue weighted by atomic mass is 9.95. The summed E-state index contributed by atoms with van der Waals surface area (Å²) in [6, 6.07) is 7.39. The molecule has 3 aromatic rings. The second-order valence-corrected chi connectivity index (χ2v) is 9.16. The zero-order valence-corrected chi connectivity index (χ0v) is 21.1. The van der Waals surface area contributed by atoms with Crippen LogP contribution in [0.5, 0.6) is 0 Å². The summed E-state index contributed by atoms with van der Waals surface area (Å²) < 4.78 is 9.00. The summed E-state index contributed by atoms with van der Waals surface area (Å²) in [4.78, 5) is 33.8. The first-order chi connectivity index (χ1) is 16.3. The molecule has 1 aromatic carbocycles. The third-order valence-electron chi connectivity index (χ3n) is 6.32. The standard InChI is InChI=1S/C25H29N5O3S/c1-7-29(8-2)19-11-9-17(10-12-19)22-21(24(32)33-6)15(3)27-25-30(22)23(31)20(34-25)13-18-14-26-28(5)16(18)4/h9-14,22H,7-8H2,1-6H3/b20-13+/t22-/m1/s1. The number of carbonyl (C=O) groups is 1. The highest BCUT2D eigenvalue weighted by Crippen LogP contribution is 2.31. The number of fused-ring (bicyclic) bond motifs is 1. The maximum absolute atomic E-state index is 13.6. The van der Waals surface area contributed by atoms with Crippen LogP contribution in [0, 0.1) is 6.92 Å². The number of thiazole rings is 1. The van der Waals surface area contributed by atoms with Gasteiger partial charge in [0.15, 0.2) is 4.80 Å². The molecule has 178 valence electrons. The van der Waals surface area contributed by atoms with Crippen molar-refractivity contribution in [2.45, 2.75) is 33.7 Å². The first-order valence-electron chi connectivity index (χ1n) is 11.2. The minimum absolute atomic E-state index is 0.196. The number of benzene rings is 1. The van der Waals surface area contributed by atoms with Gasteiger partial charge >= 0.3 is 5.97 Å². The minimum Gasteiger partial charge on any atom is -0.466 e. The fourth-order valence-corrected chi connectivity index (χ4v) is 5.30. The number of rotatable bonds is 6. The predicted molar refractivity (Wildman–Crippen MR) is 134 cm³/mol. The fourth-order valence-electron chi connectivity index (χ4n) is 4.26. The number of aromatic nitrogens is 3. The van der Waals surface area contributed by atoms with E-state index in [1.807, 2.05) is 44.3 Å². The molecule has 0 aliphatic carbocycles. The smallest absolute Gasteiger partial charge is 0.338 e. The second kappa shape index (κ2) is 9.42. The van der Waals surface area contributed by atoms with Crippen LogP contribution in [-0.2, 0) is 16.6 Å². The average molecular weight is 480 g/mol. The molecule has 2 aromatic heterocycles. The van der Waals surface area contributed by atoms with E-state index < -0.39 is 12.0 Å². The van der Waals surface area contributed by atoms with Crippen molar-refractivity contribution in [3.63, 3.8) is 0 Å². The molecule has 34 heavy (non-hydrogen) atoms. The van der Waals surface area contributed by atoms with Gasteiger partial charge in [-0.15, -0.1) is 0 Å². The Kier molecular flexibility index (Phi) is 6.56. The highest BCUT2D eigenvalue weighted by Gasteiger charge is 2.33. The highest BCUT2D eigenvalue weighted by molar-refractivity contribution is 7.07. The lowest BCUT2D eigenvalue weighted by Crippen LogP contribution is -2.39. The molecule has 9 heteroatoms. The van der Waals surface area contributed by atoms with Gasteiger partial charge in [0.1, 0.15) is 0 Å². The maximum Gasteiger partial charge on any atom is 0.338 e. The largest absolute Gasteiger partial charge is 0.466 e. The van der Waals surface area contributed by atoms with E-state index in [9.17, 15) is 9.59 Å². The Hall–Kier alpha value is -3.46. The van der Waals surface area contributed by atoms with Crippen LogP contribution in [0.25, 0.3) is 6.08 Å². The first kappa shape index (κ1) is 23.7. The predicted octanol–water partition coefficient (Wildman–Crippen LogP) is 2.30. The number of hydrogen-bond donors (Lipinski definition) is 0. The molecule has 0 amide bonds. The van der Waals surface area contributed by atoms with Crippen LogP contribution >= 0.6 is 11.3 Å². The molecule has 4 rings (SSSR count). The molecule has 1 aliphatic heterocycles. The van der Waals surface area contributed by atoms with E-state index in [1.165, 1.54) is 18.4 Å². The molecule has 1 atom stereocenters. The molecule has 0 spiro atoms. The van der Waals surface area contributed by atoms with E-state index in [2.05, 4.69) is 28.8 Å². The summed E-state index contributed by atoms with van der Waals surface area (Å²) >= 11 is 1.31. The van der Waals surface area contributed by atoms with Crippen LogP contribution in [0.3, 0.4) is 0 Å². The van der Waals surface area contributed by atoms with E-state index in [4.69, 9.17) is 4.74 Å². The van der Waals surface area contributed by atoms with Crippen molar-refractivity contribution in [2.24, 2.45) is 12.0 Å². The number of anilines is 1. The molecule has 0 N–H and O–H groups in total. The number of hydrogen-bond acceptors (Lipinski definition) is 7. The molecule has 0 unspecified atom stereocenters. The fraction of sp³-hybridized carbons (Fsp3) is 0.360. The summed E-state index contributed by atoms with van der Waals surface area (Å²) in [5.41, 5.74) is 4.48. The van der Waals surface area contributed by atoms with Crippen LogP contribution in [0.1, 0.15) is 43.6 Å². The van der Waals surface area contributed by atoms with Crippen molar-refractivity contribution in [2.75, 3.05) is 25.1 Å². The van der Waals surface area contributed by atoms with Gasteiger partial charge in [-0.2, -0.15) is 5.10 Å². The summed E-state index contributed by atoms with van der Waals surface area (Å²) in [7, 11) is 3.21. The van der Waals surface area contributed by atoms with Crippen LogP contribution in [0.4, 0.5) is 5.69 Å². The van der Waals surface area contributed by atoms with Crippen molar-refractivity contribution in [1.82, 2.24) is 14.3 Å². The molecule has 3 heterocycles. The zero-order chi connectivity index (χ0) is 24.6. The van der Waals surface area contributed by atoms with Gasteiger partial charge in [-0.1, -0.05) is 23.5 Å². The summed E-state index contributed by atoms with van der Waals surface area (Å²) in [5, 5.41) is 4.27. The van der Waals surface area contributed by atoms with Crippen molar-refractivity contribution in [3.05, 3.63) is 78.2 Å². The van der Waals surface area contributed by atoms with E-state index in [-0.39, 0.29) is 5.56 Å². The molecular weight excluding hydrogens is 450 g/mol. The minimum atomic E-state index is -0.619. The van der Waals surface area contributed by atoms with Crippen LogP contribution < -0.4 is 19.8 Å². The molecule has 0 bridgehead atoms. The molecule has 0 saturated heterocycles. The van der Waals surface area contributed by atoms with Crippen molar-refractivity contribution < 1.29 is 9.53 Å². The molecule has 0 saturated carbocycles. The summed E-state index contributed by atoms with van der Waals surface area (Å²) in [5.74, 6) is -0.489. The topological polar surface area (TPSA) is 81.7 Å². The molecular formula is C25H29N5O3S. The van der Waals surface area contributed by atoms with Gasteiger partial charge in [-0.3, -0.25) is 14.0 Å². The zero-order valence-electron chi connectivity index (χ0n) is 20.3. The quantitative estimate of drug-likeness (QED) is 0.507. The Balaban J connectivity index is 1.92. The van der Waals surface area contributed by atoms with Gasteiger partial charge in [0.05, 0.1) is 35.2 Å². The van der Waals surface area contributed by atoms with Gasteiger partial charge in [0.25, 0.3) is 5.56 Å². The normalized spacial score (nSPS) is 15.8. The molecule has 1 aliphatic rings. The SMILES string of the molecule is CCN(CC)c1ccc([C@@H]2C(C(=O)OC)=C(C)N=c3s/c(=C/c4cnn(C)c4C)c(=O)n32)cc1. The Labute approximate surface area is 202 Å². The Morgan fingerprint density at radius 2 is 1.88 bits per heavy atom. The third-order valence-corrected chi connectivity index (χ3v) is 7.31.